The van der Waals surface area contributed by atoms with Crippen molar-refractivity contribution in [2.24, 2.45) is 0 Å². The molecule has 2 aromatic rings. The fourth-order valence-electron chi connectivity index (χ4n) is 3.71. The minimum absolute atomic E-state index is 0.187. The Morgan fingerprint density at radius 2 is 2.08 bits per heavy atom. The normalized spacial score (nSPS) is 23.9. The Bertz CT molecular complexity index is 670. The molecule has 0 aliphatic carbocycles. The standard InChI is InChI=1S/C20H26N2OS/c1-4-9-21-12-16(3)22(13-15(21)2)20(18-8-10-24-14-18)17-6-5-7-19(23)11-17/h4-8,10-11,14-16,20,23H,1,9,12-13H2,2-3H3/t15?,16-,20-/m0/s1. The summed E-state index contributed by atoms with van der Waals surface area (Å²) in [6.07, 6.45) is 1.99. The molecule has 1 unspecified atom stereocenters. The SMILES string of the molecule is C=CCN1C[C@H](C)N([C@H](c2ccsc2)c2cccc(O)c2)CC1C. The van der Waals surface area contributed by atoms with Crippen molar-refractivity contribution in [2.45, 2.75) is 32.0 Å². The molecule has 4 heteroatoms. The van der Waals surface area contributed by atoms with Gasteiger partial charge in [0.15, 0.2) is 0 Å². The molecule has 24 heavy (non-hydrogen) atoms. The van der Waals surface area contributed by atoms with Crippen molar-refractivity contribution in [1.82, 2.24) is 9.80 Å². The fourth-order valence-corrected chi connectivity index (χ4v) is 4.38. The molecular weight excluding hydrogens is 316 g/mol. The molecule has 1 fully saturated rings. The number of aromatic hydroxyl groups is 1. The lowest BCUT2D eigenvalue weighted by atomic mass is 9.95. The van der Waals surface area contributed by atoms with E-state index in [1.54, 1.807) is 17.4 Å². The van der Waals surface area contributed by atoms with Gasteiger partial charge in [-0.15, -0.1) is 6.58 Å². The zero-order chi connectivity index (χ0) is 17.1. The van der Waals surface area contributed by atoms with Crippen LogP contribution in [-0.4, -0.2) is 46.6 Å². The third-order valence-electron chi connectivity index (χ3n) is 4.90. The van der Waals surface area contributed by atoms with E-state index in [9.17, 15) is 5.11 Å². The first kappa shape index (κ1) is 17.2. The van der Waals surface area contributed by atoms with E-state index in [1.165, 1.54) is 5.56 Å². The lowest BCUT2D eigenvalue weighted by Gasteiger charge is -2.47. The minimum atomic E-state index is 0.187. The summed E-state index contributed by atoms with van der Waals surface area (Å²) in [6.45, 7) is 11.4. The first-order valence-corrected chi connectivity index (χ1v) is 9.46. The van der Waals surface area contributed by atoms with E-state index < -0.39 is 0 Å². The Labute approximate surface area is 148 Å². The lowest BCUT2D eigenvalue weighted by Crippen LogP contribution is -2.57. The third kappa shape index (κ3) is 3.56. The second kappa shape index (κ2) is 7.51. The summed E-state index contributed by atoms with van der Waals surface area (Å²) < 4.78 is 0. The average Bonchev–Trinajstić information content (AvgIpc) is 3.06. The van der Waals surface area contributed by atoms with Crippen LogP contribution < -0.4 is 0 Å². The Morgan fingerprint density at radius 3 is 2.75 bits per heavy atom. The topological polar surface area (TPSA) is 26.7 Å². The number of hydrogen-bond acceptors (Lipinski definition) is 4. The van der Waals surface area contributed by atoms with Gasteiger partial charge in [-0.1, -0.05) is 18.2 Å². The van der Waals surface area contributed by atoms with Crippen molar-refractivity contribution in [3.8, 4) is 5.75 Å². The first-order valence-electron chi connectivity index (χ1n) is 8.52. The molecule has 3 nitrogen and oxygen atoms in total. The van der Waals surface area contributed by atoms with Crippen molar-refractivity contribution in [1.29, 1.82) is 0 Å². The Kier molecular flexibility index (Phi) is 5.39. The lowest BCUT2D eigenvalue weighted by molar-refractivity contribution is 0.0307. The zero-order valence-electron chi connectivity index (χ0n) is 14.4. The highest BCUT2D eigenvalue weighted by Gasteiger charge is 2.34. The van der Waals surface area contributed by atoms with Gasteiger partial charge in [0.2, 0.25) is 0 Å². The number of hydrogen-bond donors (Lipinski definition) is 1. The van der Waals surface area contributed by atoms with E-state index in [2.05, 4.69) is 53.1 Å². The Morgan fingerprint density at radius 1 is 1.25 bits per heavy atom. The minimum Gasteiger partial charge on any atom is -0.508 e. The molecule has 1 saturated heterocycles. The van der Waals surface area contributed by atoms with Gasteiger partial charge >= 0.3 is 0 Å². The summed E-state index contributed by atoms with van der Waals surface area (Å²) >= 11 is 1.73. The van der Waals surface area contributed by atoms with Crippen molar-refractivity contribution >= 4 is 11.3 Å². The van der Waals surface area contributed by atoms with Crippen LogP contribution in [0.25, 0.3) is 0 Å². The summed E-state index contributed by atoms with van der Waals surface area (Å²) in [5.41, 5.74) is 2.46. The molecule has 1 aromatic carbocycles. The molecule has 1 aromatic heterocycles. The molecule has 3 atom stereocenters. The number of benzene rings is 1. The summed E-state index contributed by atoms with van der Waals surface area (Å²) in [4.78, 5) is 5.06. The van der Waals surface area contributed by atoms with E-state index >= 15 is 0 Å². The number of phenols is 1. The van der Waals surface area contributed by atoms with Crippen LogP contribution in [0.3, 0.4) is 0 Å². The molecule has 128 valence electrons. The molecule has 0 radical (unpaired) electrons. The molecule has 1 aliphatic rings. The van der Waals surface area contributed by atoms with Gasteiger partial charge in [0.1, 0.15) is 5.75 Å². The second-order valence-electron chi connectivity index (χ2n) is 6.69. The van der Waals surface area contributed by atoms with Crippen molar-refractivity contribution < 1.29 is 5.11 Å². The highest BCUT2D eigenvalue weighted by molar-refractivity contribution is 7.08. The molecule has 0 spiro atoms. The van der Waals surface area contributed by atoms with Gasteiger partial charge in [-0.05, 0) is 53.9 Å². The van der Waals surface area contributed by atoms with Gasteiger partial charge in [-0.25, -0.2) is 0 Å². The van der Waals surface area contributed by atoms with E-state index in [1.807, 2.05) is 18.2 Å². The van der Waals surface area contributed by atoms with Gasteiger partial charge in [0.25, 0.3) is 0 Å². The van der Waals surface area contributed by atoms with Crippen LogP contribution in [0.2, 0.25) is 0 Å². The molecular formula is C20H26N2OS. The van der Waals surface area contributed by atoms with Gasteiger partial charge in [0.05, 0.1) is 6.04 Å². The first-order chi connectivity index (χ1) is 11.6. The highest BCUT2D eigenvalue weighted by Crippen LogP contribution is 2.35. The van der Waals surface area contributed by atoms with Crippen molar-refractivity contribution in [3.05, 3.63) is 64.9 Å². The third-order valence-corrected chi connectivity index (χ3v) is 5.60. The van der Waals surface area contributed by atoms with E-state index in [4.69, 9.17) is 0 Å². The van der Waals surface area contributed by atoms with Crippen LogP contribution in [-0.2, 0) is 0 Å². The monoisotopic (exact) mass is 342 g/mol. The molecule has 1 aliphatic heterocycles. The maximum atomic E-state index is 9.95. The maximum Gasteiger partial charge on any atom is 0.115 e. The van der Waals surface area contributed by atoms with Crippen LogP contribution >= 0.6 is 11.3 Å². The van der Waals surface area contributed by atoms with Crippen LogP contribution in [0, 0.1) is 0 Å². The molecule has 1 N–H and O–H groups in total. The smallest absolute Gasteiger partial charge is 0.115 e. The van der Waals surface area contributed by atoms with Crippen molar-refractivity contribution in [3.63, 3.8) is 0 Å². The molecule has 0 bridgehead atoms. The number of piperazine rings is 1. The second-order valence-corrected chi connectivity index (χ2v) is 7.47. The van der Waals surface area contributed by atoms with E-state index in [0.29, 0.717) is 17.8 Å². The summed E-state index contributed by atoms with van der Waals surface area (Å²) in [7, 11) is 0. The van der Waals surface area contributed by atoms with Crippen LogP contribution in [0.1, 0.15) is 31.0 Å². The highest BCUT2D eigenvalue weighted by atomic mass is 32.1. The van der Waals surface area contributed by atoms with E-state index in [-0.39, 0.29) is 6.04 Å². The maximum absolute atomic E-state index is 9.95. The summed E-state index contributed by atoms with van der Waals surface area (Å²) in [5, 5.41) is 14.3. The molecule has 2 heterocycles. The van der Waals surface area contributed by atoms with Crippen LogP contribution in [0.5, 0.6) is 5.75 Å². The molecule has 3 rings (SSSR count). The Balaban J connectivity index is 1.93. The number of nitrogens with zero attached hydrogens (tertiary/aromatic N) is 2. The van der Waals surface area contributed by atoms with E-state index in [0.717, 1.165) is 25.2 Å². The quantitative estimate of drug-likeness (QED) is 0.828. The predicted molar refractivity (Wildman–Crippen MR) is 102 cm³/mol. The van der Waals surface area contributed by atoms with Gasteiger partial charge < -0.3 is 5.11 Å². The molecule has 0 amide bonds. The van der Waals surface area contributed by atoms with Gasteiger partial charge in [-0.2, -0.15) is 11.3 Å². The van der Waals surface area contributed by atoms with Crippen LogP contribution in [0.4, 0.5) is 0 Å². The zero-order valence-corrected chi connectivity index (χ0v) is 15.2. The Hall–Kier alpha value is -1.62. The van der Waals surface area contributed by atoms with Gasteiger partial charge in [-0.3, -0.25) is 9.80 Å². The summed E-state index contributed by atoms with van der Waals surface area (Å²) in [5.74, 6) is 0.332. The van der Waals surface area contributed by atoms with Gasteiger partial charge in [0, 0.05) is 31.7 Å². The number of phenolic OH excluding ortho intramolecular Hbond substituents is 1. The number of thiophene rings is 1. The fraction of sp³-hybridized carbons (Fsp3) is 0.400. The molecule has 0 saturated carbocycles. The predicted octanol–water partition coefficient (Wildman–Crippen LogP) is 4.12. The largest absolute Gasteiger partial charge is 0.508 e. The average molecular weight is 343 g/mol. The number of rotatable bonds is 5. The van der Waals surface area contributed by atoms with Crippen molar-refractivity contribution in [2.75, 3.05) is 19.6 Å². The summed E-state index contributed by atoms with van der Waals surface area (Å²) in [6, 6.07) is 11.0. The van der Waals surface area contributed by atoms with Crippen LogP contribution in [0.15, 0.2) is 53.7 Å².